The molecule has 8 aromatic rings. The maximum atomic E-state index is 6.77. The van der Waals surface area contributed by atoms with Crippen molar-refractivity contribution in [1.29, 1.82) is 0 Å². The lowest BCUT2D eigenvalue weighted by Gasteiger charge is -2.33. The summed E-state index contributed by atoms with van der Waals surface area (Å²) in [6.07, 6.45) is 0. The van der Waals surface area contributed by atoms with Gasteiger partial charge in [0.05, 0.1) is 0 Å². The third kappa shape index (κ3) is 3.96. The van der Waals surface area contributed by atoms with E-state index in [2.05, 4.69) is 126 Å². The Kier molecular flexibility index (Phi) is 5.63. The first-order valence-electron chi connectivity index (χ1n) is 15.9. The van der Waals surface area contributed by atoms with Gasteiger partial charge in [0.15, 0.2) is 11.3 Å². The highest BCUT2D eigenvalue weighted by Crippen LogP contribution is 2.44. The van der Waals surface area contributed by atoms with Crippen molar-refractivity contribution >= 4 is 62.1 Å². The number of rotatable bonds is 4. The minimum Gasteiger partial charge on any atom is -0.458 e. The third-order valence-corrected chi connectivity index (χ3v) is 9.39. The maximum Gasteiger partial charge on any atom is 0.260 e. The lowest BCUT2D eigenvalue weighted by atomic mass is 9.34. The number of anilines is 3. The number of para-hydroxylation sites is 3. The molecular formula is C42H26BNO3. The number of benzene rings is 7. The molecule has 0 spiro atoms. The largest absolute Gasteiger partial charge is 0.458 e. The van der Waals surface area contributed by atoms with E-state index in [4.69, 9.17) is 13.9 Å². The zero-order valence-electron chi connectivity index (χ0n) is 25.3. The van der Waals surface area contributed by atoms with Crippen molar-refractivity contribution in [3.05, 3.63) is 158 Å². The second kappa shape index (κ2) is 10.2. The first kappa shape index (κ1) is 26.1. The first-order chi connectivity index (χ1) is 23.3. The Morgan fingerprint density at radius 3 is 1.81 bits per heavy atom. The van der Waals surface area contributed by atoms with Gasteiger partial charge in [-0.1, -0.05) is 103 Å². The summed E-state index contributed by atoms with van der Waals surface area (Å²) in [4.78, 5) is 2.25. The van der Waals surface area contributed by atoms with E-state index >= 15 is 0 Å². The maximum absolute atomic E-state index is 6.77. The van der Waals surface area contributed by atoms with Gasteiger partial charge >= 0.3 is 0 Å². The van der Waals surface area contributed by atoms with Crippen molar-refractivity contribution in [1.82, 2.24) is 0 Å². The summed E-state index contributed by atoms with van der Waals surface area (Å²) in [6, 6.07) is 54.6. The van der Waals surface area contributed by atoms with Crippen molar-refractivity contribution in [3.8, 4) is 34.1 Å². The zero-order chi connectivity index (χ0) is 30.9. The van der Waals surface area contributed by atoms with Gasteiger partial charge < -0.3 is 18.8 Å². The van der Waals surface area contributed by atoms with Crippen molar-refractivity contribution in [2.75, 3.05) is 4.90 Å². The van der Waals surface area contributed by atoms with E-state index in [1.165, 1.54) is 0 Å². The summed E-state index contributed by atoms with van der Waals surface area (Å²) >= 11 is 0. The highest BCUT2D eigenvalue weighted by atomic mass is 16.5. The number of hydrogen-bond donors (Lipinski definition) is 0. The molecule has 220 valence electrons. The zero-order valence-corrected chi connectivity index (χ0v) is 25.3. The normalized spacial score (nSPS) is 12.6. The number of nitrogens with zero attached hydrogens (tertiary/aromatic N) is 1. The van der Waals surface area contributed by atoms with Crippen molar-refractivity contribution in [3.63, 3.8) is 0 Å². The minimum atomic E-state index is -0.0582. The van der Waals surface area contributed by atoms with Gasteiger partial charge in [0, 0.05) is 44.9 Å². The Hall–Kier alpha value is -6.20. The second-order valence-electron chi connectivity index (χ2n) is 12.0. The van der Waals surface area contributed by atoms with Crippen molar-refractivity contribution in [2.45, 2.75) is 0 Å². The average molecular weight is 603 g/mol. The van der Waals surface area contributed by atoms with Gasteiger partial charge in [-0.3, -0.25) is 0 Å². The molecule has 0 aliphatic carbocycles. The Labute approximate surface area is 272 Å². The van der Waals surface area contributed by atoms with E-state index in [9.17, 15) is 0 Å². The van der Waals surface area contributed by atoms with Gasteiger partial charge in [0.1, 0.15) is 22.8 Å². The van der Waals surface area contributed by atoms with Gasteiger partial charge in [-0.2, -0.15) is 0 Å². The van der Waals surface area contributed by atoms with Crippen LogP contribution in [-0.2, 0) is 0 Å². The molecule has 2 aliphatic rings. The Morgan fingerprint density at radius 2 is 1.09 bits per heavy atom. The van der Waals surface area contributed by atoms with Crippen LogP contribution in [0.25, 0.3) is 33.1 Å². The summed E-state index contributed by atoms with van der Waals surface area (Å²) < 4.78 is 20.2. The molecule has 0 fully saturated rings. The van der Waals surface area contributed by atoms with E-state index < -0.39 is 0 Å². The number of fused-ring (bicyclic) bond motifs is 8. The molecule has 47 heavy (non-hydrogen) atoms. The van der Waals surface area contributed by atoms with Crippen LogP contribution in [0.3, 0.4) is 0 Å². The number of ether oxygens (including phenoxy) is 2. The standard InChI is InChI=1S/C42H26BNO3/c1-4-12-27(13-5-1)31-18-10-19-34-40(31)45-36-20-11-21-37-39(36)43(34)35-25-24-33-32-23-22-30(26-38(32)47-41(33)42(35)46-37)44(28-14-6-2-7-15-28)29-16-8-3-9-17-29/h1-26H. The first-order valence-corrected chi connectivity index (χ1v) is 15.9. The average Bonchev–Trinajstić information content (AvgIpc) is 3.51. The summed E-state index contributed by atoms with van der Waals surface area (Å²) in [5.41, 5.74) is 10.2. The number of furan rings is 1. The molecule has 2 aliphatic heterocycles. The highest BCUT2D eigenvalue weighted by molar-refractivity contribution is 6.98. The summed E-state index contributed by atoms with van der Waals surface area (Å²) in [5.74, 6) is 3.27. The SMILES string of the molecule is c1ccc(-c2cccc3c2Oc2cccc4c2B3c2ccc3c(oc5cc(N(c6ccccc6)c6ccccc6)ccc53)c2O4)cc1. The predicted octanol–water partition coefficient (Wildman–Crippen LogP) is 9.45. The summed E-state index contributed by atoms with van der Waals surface area (Å²) in [7, 11) is 0. The molecule has 0 atom stereocenters. The molecule has 10 rings (SSSR count). The second-order valence-corrected chi connectivity index (χ2v) is 12.0. The van der Waals surface area contributed by atoms with Crippen molar-refractivity contribution < 1.29 is 13.9 Å². The van der Waals surface area contributed by atoms with Gasteiger partial charge in [-0.05, 0) is 65.0 Å². The lowest BCUT2D eigenvalue weighted by Crippen LogP contribution is -2.57. The quantitative estimate of drug-likeness (QED) is 0.188. The molecule has 0 N–H and O–H groups in total. The molecule has 3 heterocycles. The molecule has 0 saturated carbocycles. The summed E-state index contributed by atoms with van der Waals surface area (Å²) in [6.45, 7) is -0.0582. The molecule has 0 radical (unpaired) electrons. The molecule has 4 nitrogen and oxygen atoms in total. The van der Waals surface area contributed by atoms with E-state index in [0.29, 0.717) is 0 Å². The third-order valence-electron chi connectivity index (χ3n) is 9.39. The Balaban J connectivity index is 1.16. The van der Waals surface area contributed by atoms with Crippen LogP contribution < -0.4 is 30.8 Å². The topological polar surface area (TPSA) is 34.8 Å². The lowest BCUT2D eigenvalue weighted by molar-refractivity contribution is 0.462. The van der Waals surface area contributed by atoms with Crippen LogP contribution in [0.5, 0.6) is 23.0 Å². The fraction of sp³-hybridized carbons (Fsp3) is 0. The van der Waals surface area contributed by atoms with Gasteiger partial charge in [-0.15, -0.1) is 0 Å². The molecule has 0 amide bonds. The Bertz CT molecular complexity index is 2440. The molecule has 0 saturated heterocycles. The van der Waals surface area contributed by atoms with E-state index in [1.807, 2.05) is 36.4 Å². The van der Waals surface area contributed by atoms with E-state index in [1.54, 1.807) is 0 Å². The van der Waals surface area contributed by atoms with Crippen LogP contribution in [0.2, 0.25) is 0 Å². The molecule has 1 aromatic heterocycles. The smallest absolute Gasteiger partial charge is 0.260 e. The van der Waals surface area contributed by atoms with Crippen LogP contribution in [-0.4, -0.2) is 6.71 Å². The van der Waals surface area contributed by atoms with Crippen LogP contribution >= 0.6 is 0 Å². The van der Waals surface area contributed by atoms with Crippen LogP contribution in [0.4, 0.5) is 17.1 Å². The summed E-state index contributed by atoms with van der Waals surface area (Å²) in [5, 5.41) is 2.08. The molecule has 0 unspecified atom stereocenters. The minimum absolute atomic E-state index is 0.0582. The van der Waals surface area contributed by atoms with Crippen LogP contribution in [0.1, 0.15) is 0 Å². The van der Waals surface area contributed by atoms with Crippen LogP contribution in [0.15, 0.2) is 162 Å². The van der Waals surface area contributed by atoms with Gasteiger partial charge in [-0.25, -0.2) is 0 Å². The van der Waals surface area contributed by atoms with Gasteiger partial charge in [0.25, 0.3) is 6.71 Å². The molecule has 7 aromatic carbocycles. The molecule has 5 heteroatoms. The molecule has 0 bridgehead atoms. The Morgan fingerprint density at radius 1 is 0.468 bits per heavy atom. The monoisotopic (exact) mass is 603 g/mol. The fourth-order valence-electron chi connectivity index (χ4n) is 7.32. The van der Waals surface area contributed by atoms with Crippen molar-refractivity contribution in [2.24, 2.45) is 0 Å². The number of hydrogen-bond acceptors (Lipinski definition) is 4. The van der Waals surface area contributed by atoms with E-state index in [0.717, 1.165) is 89.5 Å². The fourth-order valence-corrected chi connectivity index (χ4v) is 7.32. The van der Waals surface area contributed by atoms with Gasteiger partial charge in [0.2, 0.25) is 0 Å². The van der Waals surface area contributed by atoms with Crippen LogP contribution in [0, 0.1) is 0 Å². The highest BCUT2D eigenvalue weighted by Gasteiger charge is 2.42. The molecular weight excluding hydrogens is 577 g/mol. The predicted molar refractivity (Wildman–Crippen MR) is 192 cm³/mol. The van der Waals surface area contributed by atoms with E-state index in [-0.39, 0.29) is 6.71 Å².